The van der Waals surface area contributed by atoms with Crippen LogP contribution < -0.4 is 0 Å². The quantitative estimate of drug-likeness (QED) is 0.314. The second-order valence-corrected chi connectivity index (χ2v) is 13.0. The molecule has 7 nitrogen and oxygen atoms in total. The Kier molecular flexibility index (Phi) is 11.5. The number of carbonyl (C=O) groups excluding carboxylic acids is 1. The van der Waals surface area contributed by atoms with Crippen molar-refractivity contribution in [1.82, 2.24) is 14.7 Å². The zero-order valence-corrected chi connectivity index (χ0v) is 26.0. The van der Waals surface area contributed by atoms with Crippen LogP contribution in [-0.4, -0.2) is 89.8 Å². The van der Waals surface area contributed by atoms with Crippen LogP contribution in [-0.2, 0) is 16.0 Å². The molecule has 3 atom stereocenters. The summed E-state index contributed by atoms with van der Waals surface area (Å²) >= 11 is 0. The minimum absolute atomic E-state index is 0.186. The predicted molar refractivity (Wildman–Crippen MR) is 170 cm³/mol. The van der Waals surface area contributed by atoms with E-state index in [1.807, 2.05) is 23.1 Å². The summed E-state index contributed by atoms with van der Waals surface area (Å²) < 4.78 is 5.73. The molecule has 5 rings (SSSR count). The molecule has 43 heavy (non-hydrogen) atoms. The molecule has 2 aromatic carbocycles. The number of amides is 1. The summed E-state index contributed by atoms with van der Waals surface area (Å²) in [6, 6.07) is 20.7. The van der Waals surface area contributed by atoms with E-state index in [1.54, 1.807) is 0 Å². The van der Waals surface area contributed by atoms with E-state index in [4.69, 9.17) is 4.74 Å². The first-order valence-corrected chi connectivity index (χ1v) is 16.7. The summed E-state index contributed by atoms with van der Waals surface area (Å²) in [6.07, 6.45) is 8.95. The molecule has 2 heterocycles. The Bertz CT molecular complexity index is 1130. The highest BCUT2D eigenvalue weighted by Gasteiger charge is 2.43. The van der Waals surface area contributed by atoms with E-state index in [1.165, 1.54) is 17.5 Å². The molecule has 3 aliphatic rings. The van der Waals surface area contributed by atoms with Gasteiger partial charge in [-0.3, -0.25) is 9.69 Å². The topological polar surface area (TPSA) is 73.3 Å². The van der Waals surface area contributed by atoms with Crippen molar-refractivity contribution in [3.8, 4) is 0 Å². The van der Waals surface area contributed by atoms with E-state index in [-0.39, 0.29) is 24.1 Å². The Balaban J connectivity index is 1.18. The minimum Gasteiger partial charge on any atom is -0.480 e. The van der Waals surface area contributed by atoms with E-state index in [0.717, 1.165) is 90.6 Å². The number of nitrogens with zero attached hydrogens (tertiary/aromatic N) is 3. The maximum atomic E-state index is 13.1. The van der Waals surface area contributed by atoms with Gasteiger partial charge < -0.3 is 19.6 Å². The molecule has 1 N–H and O–H groups in total. The van der Waals surface area contributed by atoms with Gasteiger partial charge in [0, 0.05) is 57.6 Å². The lowest BCUT2D eigenvalue weighted by atomic mass is 9.83. The third-order valence-electron chi connectivity index (χ3n) is 10.1. The summed E-state index contributed by atoms with van der Waals surface area (Å²) in [6.45, 7) is 7.76. The largest absolute Gasteiger partial charge is 0.480 e. The van der Waals surface area contributed by atoms with E-state index < -0.39 is 5.97 Å². The van der Waals surface area contributed by atoms with Crippen LogP contribution >= 0.6 is 0 Å². The van der Waals surface area contributed by atoms with Gasteiger partial charge in [-0.15, -0.1) is 0 Å². The smallest absolute Gasteiger partial charge is 0.410 e. The summed E-state index contributed by atoms with van der Waals surface area (Å²) in [7, 11) is 0. The zero-order chi connectivity index (χ0) is 30.0. The Labute approximate surface area is 258 Å². The van der Waals surface area contributed by atoms with Crippen molar-refractivity contribution in [3.63, 3.8) is 0 Å². The Morgan fingerprint density at radius 1 is 0.930 bits per heavy atom. The molecule has 7 heteroatoms. The molecule has 3 fully saturated rings. The normalized spacial score (nSPS) is 23.2. The van der Waals surface area contributed by atoms with Crippen LogP contribution in [0, 0.1) is 11.8 Å². The van der Waals surface area contributed by atoms with Crippen molar-refractivity contribution in [1.29, 1.82) is 0 Å². The second kappa shape index (κ2) is 15.7. The highest BCUT2D eigenvalue weighted by atomic mass is 16.6. The van der Waals surface area contributed by atoms with E-state index in [0.29, 0.717) is 18.4 Å². The first-order chi connectivity index (χ1) is 21.0. The maximum Gasteiger partial charge on any atom is 0.410 e. The fraction of sp³-hybridized carbons (Fsp3) is 0.611. The van der Waals surface area contributed by atoms with Gasteiger partial charge in [0.1, 0.15) is 6.04 Å². The van der Waals surface area contributed by atoms with Crippen LogP contribution in [0.25, 0.3) is 0 Å². The Morgan fingerprint density at radius 3 is 2.26 bits per heavy atom. The van der Waals surface area contributed by atoms with Crippen molar-refractivity contribution < 1.29 is 19.4 Å². The van der Waals surface area contributed by atoms with Crippen LogP contribution in [0.1, 0.15) is 75.3 Å². The van der Waals surface area contributed by atoms with E-state index >= 15 is 0 Å². The molecule has 2 saturated heterocycles. The lowest BCUT2D eigenvalue weighted by molar-refractivity contribution is -0.145. The van der Waals surface area contributed by atoms with Crippen molar-refractivity contribution in [3.05, 3.63) is 71.8 Å². The molecule has 0 bridgehead atoms. The molecule has 2 aromatic rings. The van der Waals surface area contributed by atoms with Gasteiger partial charge >= 0.3 is 12.1 Å². The summed E-state index contributed by atoms with van der Waals surface area (Å²) in [5.74, 6) is 0.334. The SMILES string of the molecule is CCCN(C(=O)OCCc1ccccc1)C1CCN(C[C@H]2CN([C@@H](C(=O)O)C3CCCCC3)C[C@@H]2c2ccccc2)CC1. The number of carboxylic acids is 1. The number of piperidine rings is 1. The van der Waals surface area contributed by atoms with Gasteiger partial charge in [0.15, 0.2) is 0 Å². The molecule has 1 aliphatic carbocycles. The average Bonchev–Trinajstić information content (AvgIpc) is 3.44. The van der Waals surface area contributed by atoms with Crippen LogP contribution in [0.4, 0.5) is 4.79 Å². The molecule has 0 aromatic heterocycles. The number of rotatable bonds is 12. The number of hydrogen-bond donors (Lipinski definition) is 1. The van der Waals surface area contributed by atoms with Crippen LogP contribution in [0.15, 0.2) is 60.7 Å². The molecule has 0 radical (unpaired) electrons. The number of likely N-dealkylation sites (tertiary alicyclic amines) is 2. The monoisotopic (exact) mass is 589 g/mol. The highest BCUT2D eigenvalue weighted by Crippen LogP contribution is 2.38. The highest BCUT2D eigenvalue weighted by molar-refractivity contribution is 5.74. The average molecular weight is 590 g/mol. The first kappa shape index (κ1) is 31.5. The number of carboxylic acid groups (broad SMARTS) is 1. The van der Waals surface area contributed by atoms with Crippen LogP contribution in [0.3, 0.4) is 0 Å². The summed E-state index contributed by atoms with van der Waals surface area (Å²) in [4.78, 5) is 32.5. The third kappa shape index (κ3) is 8.39. The van der Waals surface area contributed by atoms with Gasteiger partial charge in [-0.1, -0.05) is 86.8 Å². The number of hydrogen-bond acceptors (Lipinski definition) is 5. The van der Waals surface area contributed by atoms with Gasteiger partial charge in [0.25, 0.3) is 0 Å². The molecule has 0 unspecified atom stereocenters. The first-order valence-electron chi connectivity index (χ1n) is 16.7. The number of aliphatic carboxylic acids is 1. The molecular weight excluding hydrogens is 538 g/mol. The molecule has 234 valence electrons. The molecule has 2 aliphatic heterocycles. The zero-order valence-electron chi connectivity index (χ0n) is 26.0. The van der Waals surface area contributed by atoms with Gasteiger partial charge in [0.05, 0.1) is 6.61 Å². The van der Waals surface area contributed by atoms with E-state index in [2.05, 4.69) is 59.2 Å². The van der Waals surface area contributed by atoms with Crippen LogP contribution in [0.5, 0.6) is 0 Å². The maximum absolute atomic E-state index is 13.1. The van der Waals surface area contributed by atoms with Crippen molar-refractivity contribution in [2.24, 2.45) is 11.8 Å². The van der Waals surface area contributed by atoms with E-state index in [9.17, 15) is 14.7 Å². The Hall–Kier alpha value is -2.90. The standard InChI is InChI=1S/C36H51N3O4/c1-2-21-39(36(42)43-24-20-28-12-6-3-7-13-28)32-18-22-37(23-19-32)25-31-26-38(27-33(31)29-14-8-4-9-15-29)34(35(40)41)30-16-10-5-11-17-30/h3-4,6-9,12-15,30-34H,2,5,10-11,16-27H2,1H3,(H,40,41)/t31-,33+,34+/m0/s1. The molecule has 1 amide bonds. The lowest BCUT2D eigenvalue weighted by Crippen LogP contribution is -2.49. The van der Waals surface area contributed by atoms with Gasteiger partial charge in [-0.2, -0.15) is 0 Å². The van der Waals surface area contributed by atoms with Gasteiger partial charge in [-0.05, 0) is 55.1 Å². The molecule has 0 spiro atoms. The summed E-state index contributed by atoms with van der Waals surface area (Å²) in [5.41, 5.74) is 2.50. The second-order valence-electron chi connectivity index (χ2n) is 13.0. The van der Waals surface area contributed by atoms with Gasteiger partial charge in [0.2, 0.25) is 0 Å². The molecule has 1 saturated carbocycles. The van der Waals surface area contributed by atoms with Crippen molar-refractivity contribution >= 4 is 12.1 Å². The number of carbonyl (C=O) groups is 2. The summed E-state index contributed by atoms with van der Waals surface area (Å²) in [5, 5.41) is 10.3. The fourth-order valence-electron chi connectivity index (χ4n) is 7.89. The van der Waals surface area contributed by atoms with Gasteiger partial charge in [-0.25, -0.2) is 4.79 Å². The lowest BCUT2D eigenvalue weighted by Gasteiger charge is -2.39. The number of ether oxygens (including phenoxy) is 1. The van der Waals surface area contributed by atoms with Crippen molar-refractivity contribution in [2.75, 3.05) is 45.9 Å². The number of benzene rings is 2. The van der Waals surface area contributed by atoms with Crippen molar-refractivity contribution in [2.45, 2.75) is 82.7 Å². The fourth-order valence-corrected chi connectivity index (χ4v) is 7.89. The van der Waals surface area contributed by atoms with Crippen LogP contribution in [0.2, 0.25) is 0 Å². The minimum atomic E-state index is -0.646. The predicted octanol–water partition coefficient (Wildman–Crippen LogP) is 6.29. The third-order valence-corrected chi connectivity index (χ3v) is 10.1. The molecular formula is C36H51N3O4. The Morgan fingerprint density at radius 2 is 1.60 bits per heavy atom.